The first-order valence-electron chi connectivity index (χ1n) is 10.9. The molecule has 5 rings (SSSR count). The van der Waals surface area contributed by atoms with Crippen LogP contribution >= 0.6 is 11.8 Å². The third-order valence-corrected chi connectivity index (χ3v) is 8.67. The van der Waals surface area contributed by atoms with Crippen LogP contribution in [0.15, 0.2) is 40.5 Å². The Morgan fingerprint density at radius 1 is 1.09 bits per heavy atom. The van der Waals surface area contributed by atoms with Crippen LogP contribution in [0.4, 0.5) is 0 Å². The standard InChI is InChI=1S/C22H26N6O3S2/c1-4-27-20-6-5-18(33(29,30)26-7-9-31-10-8-26)12-19(20)25-22(27)32-14-17-13-28-16(3)11-15(2)23-21(28)24-17/h5-6,11-13H,4,7-10,14H2,1-3H3. The van der Waals surface area contributed by atoms with Crippen molar-refractivity contribution in [2.75, 3.05) is 26.3 Å². The van der Waals surface area contributed by atoms with E-state index >= 15 is 0 Å². The minimum absolute atomic E-state index is 0.270. The van der Waals surface area contributed by atoms with Gasteiger partial charge in [0.1, 0.15) is 0 Å². The number of sulfonamides is 1. The summed E-state index contributed by atoms with van der Waals surface area (Å²) in [6.45, 7) is 8.39. The summed E-state index contributed by atoms with van der Waals surface area (Å²) in [4.78, 5) is 14.2. The summed E-state index contributed by atoms with van der Waals surface area (Å²) in [5.41, 5.74) is 4.56. The maximum absolute atomic E-state index is 13.1. The van der Waals surface area contributed by atoms with E-state index in [0.717, 1.165) is 34.3 Å². The van der Waals surface area contributed by atoms with Gasteiger partial charge in [-0.2, -0.15) is 4.31 Å². The summed E-state index contributed by atoms with van der Waals surface area (Å²) in [6.07, 6.45) is 2.01. The van der Waals surface area contributed by atoms with Gasteiger partial charge in [-0.1, -0.05) is 11.8 Å². The normalized spacial score (nSPS) is 15.6. The van der Waals surface area contributed by atoms with Crippen LogP contribution in [0.2, 0.25) is 0 Å². The number of hydrogen-bond acceptors (Lipinski definition) is 7. The van der Waals surface area contributed by atoms with E-state index in [9.17, 15) is 8.42 Å². The van der Waals surface area contributed by atoms with Gasteiger partial charge in [-0.15, -0.1) is 0 Å². The van der Waals surface area contributed by atoms with E-state index < -0.39 is 10.0 Å². The summed E-state index contributed by atoms with van der Waals surface area (Å²) in [5, 5.41) is 0.839. The van der Waals surface area contributed by atoms with Gasteiger partial charge in [0.05, 0.1) is 34.8 Å². The fourth-order valence-electron chi connectivity index (χ4n) is 4.13. The van der Waals surface area contributed by atoms with Gasteiger partial charge in [-0.05, 0) is 45.0 Å². The lowest BCUT2D eigenvalue weighted by atomic mass is 10.3. The first-order valence-corrected chi connectivity index (χ1v) is 13.3. The fourth-order valence-corrected chi connectivity index (χ4v) is 6.52. The topological polar surface area (TPSA) is 94.6 Å². The number of aryl methyl sites for hydroxylation is 3. The van der Waals surface area contributed by atoms with Crippen molar-refractivity contribution in [3.63, 3.8) is 0 Å². The number of imidazole rings is 2. The Hall–Kier alpha value is -2.47. The molecule has 4 aromatic rings. The van der Waals surface area contributed by atoms with Crippen LogP contribution in [-0.4, -0.2) is 62.9 Å². The number of benzene rings is 1. The number of morpholine rings is 1. The van der Waals surface area contributed by atoms with E-state index in [-0.39, 0.29) is 4.90 Å². The van der Waals surface area contributed by atoms with E-state index in [1.54, 1.807) is 23.9 Å². The van der Waals surface area contributed by atoms with Crippen molar-refractivity contribution >= 4 is 38.6 Å². The Kier molecular flexibility index (Phi) is 5.89. The molecule has 4 heterocycles. The number of rotatable bonds is 6. The SMILES string of the molecule is CCn1c(SCc2cn3c(C)cc(C)nc3n2)nc2cc(S(=O)(=O)N3CCOCC3)ccc21. The lowest BCUT2D eigenvalue weighted by molar-refractivity contribution is 0.0730. The maximum atomic E-state index is 13.1. The number of ether oxygens (including phenoxy) is 1. The summed E-state index contributed by atoms with van der Waals surface area (Å²) in [6, 6.07) is 7.24. The molecule has 1 aliphatic rings. The molecule has 1 fully saturated rings. The smallest absolute Gasteiger partial charge is 0.243 e. The quantitative estimate of drug-likeness (QED) is 0.387. The highest BCUT2D eigenvalue weighted by atomic mass is 32.2. The van der Waals surface area contributed by atoms with E-state index in [1.165, 1.54) is 4.31 Å². The third-order valence-electron chi connectivity index (χ3n) is 5.77. The lowest BCUT2D eigenvalue weighted by Gasteiger charge is -2.26. The lowest BCUT2D eigenvalue weighted by Crippen LogP contribution is -2.40. The molecule has 0 spiro atoms. The molecule has 0 bridgehead atoms. The molecule has 0 atom stereocenters. The van der Waals surface area contributed by atoms with Gasteiger partial charge in [0.2, 0.25) is 15.8 Å². The number of hydrogen-bond donors (Lipinski definition) is 0. The predicted octanol–water partition coefficient (Wildman–Crippen LogP) is 3.03. The zero-order valence-corrected chi connectivity index (χ0v) is 20.5. The Labute approximate surface area is 196 Å². The molecule has 0 radical (unpaired) electrons. The van der Waals surface area contributed by atoms with Crippen LogP contribution in [0.3, 0.4) is 0 Å². The first-order chi connectivity index (χ1) is 15.9. The van der Waals surface area contributed by atoms with Crippen LogP contribution < -0.4 is 0 Å². The van der Waals surface area contributed by atoms with Gasteiger partial charge in [0.25, 0.3) is 0 Å². The summed E-state index contributed by atoms with van der Waals surface area (Å²) < 4.78 is 37.0. The van der Waals surface area contributed by atoms with Crippen molar-refractivity contribution in [2.24, 2.45) is 0 Å². The van der Waals surface area contributed by atoms with Crippen molar-refractivity contribution < 1.29 is 13.2 Å². The van der Waals surface area contributed by atoms with E-state index in [0.29, 0.717) is 43.4 Å². The predicted molar refractivity (Wildman–Crippen MR) is 127 cm³/mol. The second-order valence-electron chi connectivity index (χ2n) is 8.04. The van der Waals surface area contributed by atoms with E-state index in [1.807, 2.05) is 36.6 Å². The Bertz CT molecular complexity index is 1440. The van der Waals surface area contributed by atoms with Crippen molar-refractivity contribution in [3.05, 3.63) is 47.5 Å². The molecule has 0 amide bonds. The molecule has 0 N–H and O–H groups in total. The molecule has 9 nitrogen and oxygen atoms in total. The van der Waals surface area contributed by atoms with E-state index in [4.69, 9.17) is 9.72 Å². The van der Waals surface area contributed by atoms with Gasteiger partial charge in [-0.25, -0.2) is 23.4 Å². The zero-order chi connectivity index (χ0) is 23.2. The highest BCUT2D eigenvalue weighted by Crippen LogP contribution is 2.29. The first kappa shape index (κ1) is 22.3. The van der Waals surface area contributed by atoms with Gasteiger partial charge in [-0.3, -0.25) is 4.40 Å². The highest BCUT2D eigenvalue weighted by molar-refractivity contribution is 7.98. The molecule has 1 aliphatic heterocycles. The summed E-state index contributed by atoms with van der Waals surface area (Å²) in [7, 11) is -3.56. The minimum atomic E-state index is -3.56. The molecule has 0 aliphatic carbocycles. The summed E-state index contributed by atoms with van der Waals surface area (Å²) in [5.74, 6) is 1.34. The molecule has 1 saturated heterocycles. The van der Waals surface area contributed by atoms with Crippen LogP contribution in [-0.2, 0) is 27.1 Å². The molecule has 11 heteroatoms. The molecule has 0 unspecified atom stereocenters. The Balaban J connectivity index is 1.43. The number of fused-ring (bicyclic) bond motifs is 2. The van der Waals surface area contributed by atoms with Crippen LogP contribution in [0.1, 0.15) is 24.0 Å². The van der Waals surface area contributed by atoms with Crippen LogP contribution in [0.25, 0.3) is 16.8 Å². The van der Waals surface area contributed by atoms with Crippen LogP contribution in [0.5, 0.6) is 0 Å². The van der Waals surface area contributed by atoms with Gasteiger partial charge in [0, 0.05) is 43.0 Å². The van der Waals surface area contributed by atoms with Gasteiger partial charge < -0.3 is 9.30 Å². The molecule has 1 aromatic carbocycles. The fraction of sp³-hybridized carbons (Fsp3) is 0.409. The second kappa shape index (κ2) is 8.71. The van der Waals surface area contributed by atoms with Crippen molar-refractivity contribution in [1.82, 2.24) is 28.2 Å². The van der Waals surface area contributed by atoms with Crippen molar-refractivity contribution in [1.29, 1.82) is 0 Å². The monoisotopic (exact) mass is 486 g/mol. The Morgan fingerprint density at radius 3 is 2.64 bits per heavy atom. The number of thioether (sulfide) groups is 1. The molecular formula is C22H26N6O3S2. The van der Waals surface area contributed by atoms with E-state index in [2.05, 4.69) is 21.5 Å². The third kappa shape index (κ3) is 4.14. The largest absolute Gasteiger partial charge is 0.379 e. The molecule has 33 heavy (non-hydrogen) atoms. The van der Waals surface area contributed by atoms with Crippen molar-refractivity contribution in [2.45, 2.75) is 43.1 Å². The van der Waals surface area contributed by atoms with Gasteiger partial charge in [0.15, 0.2) is 5.16 Å². The molecule has 0 saturated carbocycles. The average molecular weight is 487 g/mol. The minimum Gasteiger partial charge on any atom is -0.379 e. The van der Waals surface area contributed by atoms with Crippen molar-refractivity contribution in [3.8, 4) is 0 Å². The maximum Gasteiger partial charge on any atom is 0.243 e. The van der Waals surface area contributed by atoms with Crippen LogP contribution in [0, 0.1) is 13.8 Å². The highest BCUT2D eigenvalue weighted by Gasteiger charge is 2.27. The molecule has 3 aromatic heterocycles. The second-order valence-corrected chi connectivity index (χ2v) is 10.9. The van der Waals surface area contributed by atoms with Gasteiger partial charge >= 0.3 is 0 Å². The Morgan fingerprint density at radius 2 is 1.88 bits per heavy atom. The average Bonchev–Trinajstić information content (AvgIpc) is 3.38. The summed E-state index contributed by atoms with van der Waals surface area (Å²) >= 11 is 1.59. The number of aromatic nitrogens is 5. The number of nitrogens with zero attached hydrogens (tertiary/aromatic N) is 6. The molecular weight excluding hydrogens is 460 g/mol. The molecule has 174 valence electrons. The zero-order valence-electron chi connectivity index (χ0n) is 18.9.